The maximum absolute atomic E-state index is 6.16. The summed E-state index contributed by atoms with van der Waals surface area (Å²) in [6.45, 7) is 0. The second kappa shape index (κ2) is 5.89. The molecular weight excluding hydrogens is 388 g/mol. The van der Waals surface area contributed by atoms with Crippen molar-refractivity contribution in [1.82, 2.24) is 0 Å². The van der Waals surface area contributed by atoms with Crippen molar-refractivity contribution < 1.29 is 0 Å². The van der Waals surface area contributed by atoms with E-state index in [4.69, 9.17) is 28.9 Å². The largest absolute Gasteiger partial charge is 0.324 e. The van der Waals surface area contributed by atoms with Gasteiger partial charge in [-0.1, -0.05) is 35.3 Å². The van der Waals surface area contributed by atoms with Crippen LogP contribution in [0.4, 0.5) is 0 Å². The molecule has 0 aliphatic carbocycles. The first kappa shape index (κ1) is 13.6. The lowest BCUT2D eigenvalue weighted by Crippen LogP contribution is -2.12. The van der Waals surface area contributed by atoms with Crippen LogP contribution in [0.5, 0.6) is 0 Å². The van der Waals surface area contributed by atoms with E-state index in [1.807, 2.05) is 12.1 Å². The standard InChI is InChI=1S/C12H10Cl2INS/c13-9-3-1-2-7(12(9)14)4-10(16)8-5-11(15)17-6-8/h1-3,5-6,10H,4,16H2. The van der Waals surface area contributed by atoms with Crippen molar-refractivity contribution in [1.29, 1.82) is 0 Å². The summed E-state index contributed by atoms with van der Waals surface area (Å²) in [7, 11) is 0. The van der Waals surface area contributed by atoms with Gasteiger partial charge in [-0.25, -0.2) is 0 Å². The molecule has 1 heterocycles. The van der Waals surface area contributed by atoms with Gasteiger partial charge in [-0.2, -0.15) is 0 Å². The number of halogens is 3. The van der Waals surface area contributed by atoms with Gasteiger partial charge in [0.1, 0.15) is 0 Å². The van der Waals surface area contributed by atoms with E-state index in [9.17, 15) is 0 Å². The zero-order valence-electron chi connectivity index (χ0n) is 8.79. The lowest BCUT2D eigenvalue weighted by atomic mass is 10.0. The summed E-state index contributed by atoms with van der Waals surface area (Å²) >= 11 is 16.1. The molecule has 1 aromatic carbocycles. The molecule has 0 aliphatic rings. The van der Waals surface area contributed by atoms with Crippen molar-refractivity contribution in [3.05, 3.63) is 53.7 Å². The zero-order valence-corrected chi connectivity index (χ0v) is 13.3. The van der Waals surface area contributed by atoms with Crippen LogP contribution in [0.15, 0.2) is 29.6 Å². The molecule has 1 atom stereocenters. The number of benzene rings is 1. The topological polar surface area (TPSA) is 26.0 Å². The van der Waals surface area contributed by atoms with Crippen LogP contribution < -0.4 is 5.73 Å². The van der Waals surface area contributed by atoms with Crippen molar-refractivity contribution in [3.8, 4) is 0 Å². The average Bonchev–Trinajstić information content (AvgIpc) is 2.72. The molecule has 0 aliphatic heterocycles. The minimum Gasteiger partial charge on any atom is -0.324 e. The highest BCUT2D eigenvalue weighted by molar-refractivity contribution is 14.1. The third-order valence-corrected chi connectivity index (χ3v) is 5.15. The van der Waals surface area contributed by atoms with E-state index in [-0.39, 0.29) is 6.04 Å². The molecule has 1 unspecified atom stereocenters. The molecule has 2 N–H and O–H groups in total. The molecule has 0 saturated carbocycles. The van der Waals surface area contributed by atoms with Crippen LogP contribution in [-0.4, -0.2) is 0 Å². The van der Waals surface area contributed by atoms with E-state index in [0.717, 1.165) is 11.1 Å². The number of hydrogen-bond donors (Lipinski definition) is 1. The summed E-state index contributed by atoms with van der Waals surface area (Å²) in [6, 6.07) is 7.71. The van der Waals surface area contributed by atoms with Crippen LogP contribution in [0.2, 0.25) is 10.0 Å². The minimum absolute atomic E-state index is 0.0364. The molecule has 0 spiro atoms. The van der Waals surface area contributed by atoms with E-state index in [2.05, 4.69) is 34.0 Å². The average molecular weight is 398 g/mol. The maximum Gasteiger partial charge on any atom is 0.0656 e. The van der Waals surface area contributed by atoms with Gasteiger partial charge in [-0.15, -0.1) is 11.3 Å². The Balaban J connectivity index is 2.18. The molecule has 17 heavy (non-hydrogen) atoms. The highest BCUT2D eigenvalue weighted by Crippen LogP contribution is 2.29. The van der Waals surface area contributed by atoms with Gasteiger partial charge in [-0.3, -0.25) is 0 Å². The van der Waals surface area contributed by atoms with E-state index in [1.165, 1.54) is 2.88 Å². The maximum atomic E-state index is 6.16. The Morgan fingerprint density at radius 2 is 2.12 bits per heavy atom. The van der Waals surface area contributed by atoms with Gasteiger partial charge in [0.15, 0.2) is 0 Å². The molecule has 0 radical (unpaired) electrons. The van der Waals surface area contributed by atoms with Crippen molar-refractivity contribution in [2.45, 2.75) is 12.5 Å². The fourth-order valence-corrected chi connectivity index (χ4v) is 3.41. The van der Waals surface area contributed by atoms with Gasteiger partial charge < -0.3 is 5.73 Å². The highest BCUT2D eigenvalue weighted by Gasteiger charge is 2.12. The predicted octanol–water partition coefficient (Wildman–Crippen LogP) is 4.90. The molecule has 1 nitrogen and oxygen atoms in total. The normalized spacial score (nSPS) is 12.7. The number of rotatable bonds is 3. The van der Waals surface area contributed by atoms with Gasteiger partial charge in [-0.05, 0) is 57.7 Å². The Kier molecular flexibility index (Phi) is 4.72. The molecule has 0 amide bonds. The number of thiophene rings is 1. The van der Waals surface area contributed by atoms with Crippen LogP contribution in [-0.2, 0) is 6.42 Å². The van der Waals surface area contributed by atoms with Gasteiger partial charge in [0, 0.05) is 6.04 Å². The summed E-state index contributed by atoms with van der Waals surface area (Å²) in [5, 5.41) is 3.27. The predicted molar refractivity (Wildman–Crippen MR) is 84.1 cm³/mol. The molecule has 1 aromatic heterocycles. The van der Waals surface area contributed by atoms with Crippen molar-refractivity contribution in [2.24, 2.45) is 5.73 Å². The minimum atomic E-state index is -0.0364. The fourth-order valence-electron chi connectivity index (χ4n) is 1.58. The second-order valence-electron chi connectivity index (χ2n) is 3.71. The molecule has 2 rings (SSSR count). The van der Waals surface area contributed by atoms with Gasteiger partial charge >= 0.3 is 0 Å². The first-order valence-electron chi connectivity index (χ1n) is 5.00. The molecular formula is C12H10Cl2INS. The van der Waals surface area contributed by atoms with Crippen LogP contribution in [0.1, 0.15) is 17.2 Å². The summed E-state index contributed by atoms with van der Waals surface area (Å²) in [6.07, 6.45) is 0.701. The van der Waals surface area contributed by atoms with Gasteiger partial charge in [0.25, 0.3) is 0 Å². The lowest BCUT2D eigenvalue weighted by Gasteiger charge is -2.11. The first-order valence-corrected chi connectivity index (χ1v) is 7.71. The number of hydrogen-bond acceptors (Lipinski definition) is 2. The number of nitrogens with two attached hydrogens (primary N) is 1. The Morgan fingerprint density at radius 1 is 1.35 bits per heavy atom. The Labute approximate surface area is 128 Å². The van der Waals surface area contributed by atoms with Crippen LogP contribution in [0.25, 0.3) is 0 Å². The lowest BCUT2D eigenvalue weighted by molar-refractivity contribution is 0.725. The molecule has 5 heteroatoms. The zero-order chi connectivity index (χ0) is 12.4. The summed E-state index contributed by atoms with van der Waals surface area (Å²) in [5.74, 6) is 0. The summed E-state index contributed by atoms with van der Waals surface area (Å²) in [4.78, 5) is 0. The highest BCUT2D eigenvalue weighted by atomic mass is 127. The Bertz CT molecular complexity index is 527. The van der Waals surface area contributed by atoms with Crippen LogP contribution >= 0.6 is 57.1 Å². The third-order valence-electron chi connectivity index (χ3n) is 2.49. The van der Waals surface area contributed by atoms with Gasteiger partial charge in [0.2, 0.25) is 0 Å². The van der Waals surface area contributed by atoms with Gasteiger partial charge in [0.05, 0.1) is 12.9 Å². The van der Waals surface area contributed by atoms with E-state index in [0.29, 0.717) is 16.5 Å². The molecule has 90 valence electrons. The van der Waals surface area contributed by atoms with Crippen molar-refractivity contribution in [2.75, 3.05) is 0 Å². The second-order valence-corrected chi connectivity index (χ2v) is 7.30. The van der Waals surface area contributed by atoms with Crippen LogP contribution in [0, 0.1) is 2.88 Å². The van der Waals surface area contributed by atoms with E-state index in [1.54, 1.807) is 17.4 Å². The third kappa shape index (κ3) is 3.35. The smallest absolute Gasteiger partial charge is 0.0656 e. The first-order chi connectivity index (χ1) is 8.08. The molecule has 0 saturated heterocycles. The molecule has 2 aromatic rings. The molecule has 0 bridgehead atoms. The van der Waals surface area contributed by atoms with E-state index >= 15 is 0 Å². The molecule has 0 fully saturated rings. The van der Waals surface area contributed by atoms with Crippen LogP contribution in [0.3, 0.4) is 0 Å². The fraction of sp³-hybridized carbons (Fsp3) is 0.167. The monoisotopic (exact) mass is 397 g/mol. The van der Waals surface area contributed by atoms with Crippen molar-refractivity contribution in [3.63, 3.8) is 0 Å². The summed E-state index contributed by atoms with van der Waals surface area (Å²) in [5.41, 5.74) is 8.30. The SMILES string of the molecule is NC(Cc1cccc(Cl)c1Cl)c1csc(I)c1. The Hall–Kier alpha value is 0.190. The quantitative estimate of drug-likeness (QED) is 0.732. The van der Waals surface area contributed by atoms with E-state index < -0.39 is 0 Å². The summed E-state index contributed by atoms with van der Waals surface area (Å²) < 4.78 is 1.24. The Morgan fingerprint density at radius 3 is 2.76 bits per heavy atom. The van der Waals surface area contributed by atoms with Crippen molar-refractivity contribution >= 4 is 57.1 Å².